The van der Waals surface area contributed by atoms with Crippen LogP contribution in [0.25, 0.3) is 0 Å². The maximum atomic E-state index is 12.4. The molecule has 0 unspecified atom stereocenters. The molecule has 7 heteroatoms. The molecular weight excluding hydrogens is 394 g/mol. The molecule has 1 fully saturated rings. The number of nitrogens with one attached hydrogen (secondary N) is 2. The maximum Gasteiger partial charge on any atom is 0.275 e. The van der Waals surface area contributed by atoms with Gasteiger partial charge < -0.3 is 29.7 Å². The topological polar surface area (TPSA) is 75.5 Å². The van der Waals surface area contributed by atoms with Gasteiger partial charge in [0.2, 0.25) is 0 Å². The highest BCUT2D eigenvalue weighted by Gasteiger charge is 2.22. The van der Waals surface area contributed by atoms with E-state index in [0.29, 0.717) is 26.3 Å². The van der Waals surface area contributed by atoms with Gasteiger partial charge in [-0.25, -0.2) is 0 Å². The highest BCUT2D eigenvalue weighted by atomic mass is 16.5. The Morgan fingerprint density at radius 1 is 1.03 bits per heavy atom. The van der Waals surface area contributed by atoms with E-state index in [1.54, 1.807) is 12.1 Å². The summed E-state index contributed by atoms with van der Waals surface area (Å²) in [6.07, 6.45) is 0.752. The molecule has 3 N–H and O–H groups in total. The van der Waals surface area contributed by atoms with Crippen LogP contribution in [0, 0.1) is 0 Å². The zero-order valence-corrected chi connectivity index (χ0v) is 18.5. The minimum absolute atomic E-state index is 0.0871. The number of carbonyl (C=O) groups excluding carboxylic acids is 1. The summed E-state index contributed by atoms with van der Waals surface area (Å²) in [6, 6.07) is 13.2. The molecule has 0 aromatic heterocycles. The first kappa shape index (κ1) is 22.7. The van der Waals surface area contributed by atoms with Crippen molar-refractivity contribution < 1.29 is 24.3 Å². The molecular formula is C24H34N3O4+. The van der Waals surface area contributed by atoms with Crippen LogP contribution in [-0.4, -0.2) is 63.5 Å². The van der Waals surface area contributed by atoms with Gasteiger partial charge in [0.1, 0.15) is 5.75 Å². The molecule has 1 saturated heterocycles. The van der Waals surface area contributed by atoms with Gasteiger partial charge in [-0.3, -0.25) is 4.79 Å². The molecule has 1 aliphatic rings. The number of carbonyl (C=O) groups is 1. The molecule has 0 spiro atoms. The first-order valence-electron chi connectivity index (χ1n) is 11.1. The average Bonchev–Trinajstić information content (AvgIpc) is 2.77. The number of aromatic hydroxyl groups is 1. The third-order valence-electron chi connectivity index (χ3n) is 5.44. The van der Waals surface area contributed by atoms with Gasteiger partial charge in [0.25, 0.3) is 5.91 Å². The van der Waals surface area contributed by atoms with E-state index in [0.717, 1.165) is 55.3 Å². The van der Waals surface area contributed by atoms with E-state index in [-0.39, 0.29) is 11.7 Å². The first-order valence-corrected chi connectivity index (χ1v) is 11.1. The largest absolute Gasteiger partial charge is 0.508 e. The van der Waals surface area contributed by atoms with E-state index in [1.807, 2.05) is 44.2 Å². The SMILES string of the molecule is CCOc1ccc(CCNC(=O)C[NH+]2CCN(c3ccc(O)cc3)CC2)cc1OCC. The fourth-order valence-corrected chi connectivity index (χ4v) is 3.81. The number of ether oxygens (including phenoxy) is 2. The molecule has 31 heavy (non-hydrogen) atoms. The van der Waals surface area contributed by atoms with Gasteiger partial charge in [-0.05, 0) is 62.2 Å². The number of rotatable bonds is 10. The van der Waals surface area contributed by atoms with Crippen molar-refractivity contribution in [3.8, 4) is 17.2 Å². The lowest BCUT2D eigenvalue weighted by molar-refractivity contribution is -0.892. The van der Waals surface area contributed by atoms with E-state index >= 15 is 0 Å². The van der Waals surface area contributed by atoms with Crippen molar-refractivity contribution in [2.24, 2.45) is 0 Å². The smallest absolute Gasteiger partial charge is 0.275 e. The summed E-state index contributed by atoms with van der Waals surface area (Å²) in [7, 11) is 0. The van der Waals surface area contributed by atoms with Crippen molar-refractivity contribution in [3.63, 3.8) is 0 Å². The van der Waals surface area contributed by atoms with Crippen molar-refractivity contribution in [3.05, 3.63) is 48.0 Å². The first-order chi connectivity index (χ1) is 15.1. The quantitative estimate of drug-likeness (QED) is 0.531. The third kappa shape index (κ3) is 6.79. The van der Waals surface area contributed by atoms with Gasteiger partial charge in [-0.2, -0.15) is 0 Å². The van der Waals surface area contributed by atoms with Crippen molar-refractivity contribution in [1.82, 2.24) is 5.32 Å². The van der Waals surface area contributed by atoms with Gasteiger partial charge >= 0.3 is 0 Å². The molecule has 0 bridgehead atoms. The number of quaternary nitrogens is 1. The molecule has 0 saturated carbocycles. The maximum absolute atomic E-state index is 12.4. The standard InChI is InChI=1S/C24H33N3O4/c1-3-30-22-10-5-19(17-23(22)31-4-2)11-12-25-24(29)18-26-13-15-27(16-14-26)20-6-8-21(28)9-7-20/h5-10,17,28H,3-4,11-16,18H2,1-2H3,(H,25,29)/p+1. The number of hydrogen-bond acceptors (Lipinski definition) is 5. The van der Waals surface area contributed by atoms with Crippen LogP contribution in [-0.2, 0) is 11.2 Å². The average molecular weight is 429 g/mol. The summed E-state index contributed by atoms with van der Waals surface area (Å²) in [5, 5.41) is 12.5. The molecule has 168 valence electrons. The van der Waals surface area contributed by atoms with E-state index in [2.05, 4.69) is 10.2 Å². The fraction of sp³-hybridized carbons (Fsp3) is 0.458. The monoisotopic (exact) mass is 428 g/mol. The molecule has 7 nitrogen and oxygen atoms in total. The van der Waals surface area contributed by atoms with Crippen molar-refractivity contribution in [2.45, 2.75) is 20.3 Å². The van der Waals surface area contributed by atoms with Gasteiger partial charge in [0.15, 0.2) is 18.0 Å². The molecule has 0 radical (unpaired) electrons. The lowest BCUT2D eigenvalue weighted by Gasteiger charge is -2.33. The molecule has 1 amide bonds. The Morgan fingerprint density at radius 2 is 1.71 bits per heavy atom. The van der Waals surface area contributed by atoms with Crippen LogP contribution in [0.1, 0.15) is 19.4 Å². The van der Waals surface area contributed by atoms with Crippen LogP contribution in [0.4, 0.5) is 5.69 Å². The molecule has 1 aliphatic heterocycles. The van der Waals surface area contributed by atoms with Crippen LogP contribution in [0.15, 0.2) is 42.5 Å². The minimum atomic E-state index is 0.0871. The molecule has 2 aromatic carbocycles. The van der Waals surface area contributed by atoms with E-state index in [4.69, 9.17) is 9.47 Å². The summed E-state index contributed by atoms with van der Waals surface area (Å²) >= 11 is 0. The predicted molar refractivity (Wildman–Crippen MR) is 121 cm³/mol. The Labute approximate surface area is 184 Å². The van der Waals surface area contributed by atoms with Crippen LogP contribution in [0.5, 0.6) is 17.2 Å². The Bertz CT molecular complexity index is 833. The number of benzene rings is 2. The summed E-state index contributed by atoms with van der Waals surface area (Å²) in [5.41, 5.74) is 2.23. The highest BCUT2D eigenvalue weighted by Crippen LogP contribution is 2.28. The van der Waals surface area contributed by atoms with Crippen molar-refractivity contribution in [2.75, 3.05) is 57.4 Å². The lowest BCUT2D eigenvalue weighted by Crippen LogP contribution is -3.16. The van der Waals surface area contributed by atoms with Gasteiger partial charge in [-0.1, -0.05) is 6.07 Å². The van der Waals surface area contributed by atoms with Crippen LogP contribution in [0.2, 0.25) is 0 Å². The van der Waals surface area contributed by atoms with Crippen LogP contribution < -0.4 is 24.6 Å². The van der Waals surface area contributed by atoms with E-state index in [1.165, 1.54) is 4.90 Å². The zero-order valence-electron chi connectivity index (χ0n) is 18.5. The Morgan fingerprint density at radius 3 is 2.39 bits per heavy atom. The van der Waals surface area contributed by atoms with E-state index < -0.39 is 0 Å². The summed E-state index contributed by atoms with van der Waals surface area (Å²) < 4.78 is 11.3. The number of piperazine rings is 1. The number of phenols is 1. The molecule has 2 aromatic rings. The van der Waals surface area contributed by atoms with Crippen LogP contribution >= 0.6 is 0 Å². The second-order valence-electron chi connectivity index (χ2n) is 7.68. The Balaban J connectivity index is 1.40. The number of nitrogens with zero attached hydrogens (tertiary/aromatic N) is 1. The third-order valence-corrected chi connectivity index (χ3v) is 5.44. The molecule has 0 atom stereocenters. The summed E-state index contributed by atoms with van der Waals surface area (Å²) in [6.45, 7) is 9.84. The predicted octanol–water partition coefficient (Wildman–Crippen LogP) is 1.25. The van der Waals surface area contributed by atoms with Gasteiger partial charge in [-0.15, -0.1) is 0 Å². The lowest BCUT2D eigenvalue weighted by atomic mass is 10.1. The number of phenolic OH excluding ortho intramolecular Hbond substituents is 1. The highest BCUT2D eigenvalue weighted by molar-refractivity contribution is 5.76. The summed E-state index contributed by atoms with van der Waals surface area (Å²) in [5.74, 6) is 1.88. The van der Waals surface area contributed by atoms with Gasteiger partial charge in [0, 0.05) is 12.2 Å². The normalized spacial score (nSPS) is 14.3. The zero-order chi connectivity index (χ0) is 22.1. The Hall–Kier alpha value is -2.93. The molecule has 3 rings (SSSR count). The van der Waals surface area contributed by atoms with Crippen molar-refractivity contribution >= 4 is 11.6 Å². The fourth-order valence-electron chi connectivity index (χ4n) is 3.81. The summed E-state index contributed by atoms with van der Waals surface area (Å²) in [4.78, 5) is 16.0. The number of amides is 1. The van der Waals surface area contributed by atoms with Crippen LogP contribution in [0.3, 0.4) is 0 Å². The molecule has 0 aliphatic carbocycles. The number of hydrogen-bond donors (Lipinski definition) is 3. The second kappa shape index (κ2) is 11.5. The van der Waals surface area contributed by atoms with Gasteiger partial charge in [0.05, 0.1) is 39.4 Å². The minimum Gasteiger partial charge on any atom is -0.508 e. The van der Waals surface area contributed by atoms with E-state index in [9.17, 15) is 9.90 Å². The second-order valence-corrected chi connectivity index (χ2v) is 7.68. The number of anilines is 1. The Kier molecular flexibility index (Phi) is 8.41. The molecule has 1 heterocycles. The van der Waals surface area contributed by atoms with Crippen molar-refractivity contribution in [1.29, 1.82) is 0 Å².